The molecule has 0 aliphatic carbocycles. The minimum absolute atomic E-state index is 0.0309. The number of ether oxygens (including phenoxy) is 1. The van der Waals surface area contributed by atoms with Gasteiger partial charge in [0.05, 0.1) is 19.1 Å². The fourth-order valence-corrected chi connectivity index (χ4v) is 4.31. The molecule has 1 saturated heterocycles. The Morgan fingerprint density at radius 2 is 2.15 bits per heavy atom. The van der Waals surface area contributed by atoms with Crippen molar-refractivity contribution in [2.75, 3.05) is 19.8 Å². The fraction of sp³-hybridized carbons (Fsp3) is 0.571. The zero-order valence-electron chi connectivity index (χ0n) is 15.9. The molecule has 2 N–H and O–H groups in total. The molecule has 142 valence electrons. The number of hydrogen-bond acceptors (Lipinski definition) is 3. The lowest BCUT2D eigenvalue weighted by Gasteiger charge is -2.32. The van der Waals surface area contributed by atoms with Crippen LogP contribution in [0.2, 0.25) is 5.02 Å². The lowest BCUT2D eigenvalue weighted by molar-refractivity contribution is -0.129. The van der Waals surface area contributed by atoms with Gasteiger partial charge in [0.15, 0.2) is 0 Å². The zero-order chi connectivity index (χ0) is 18.7. The molecule has 3 unspecified atom stereocenters. The number of piperidine rings is 1. The van der Waals surface area contributed by atoms with Gasteiger partial charge in [-0.1, -0.05) is 24.6 Å². The van der Waals surface area contributed by atoms with Crippen LogP contribution in [0.4, 0.5) is 0 Å². The highest BCUT2D eigenvalue weighted by molar-refractivity contribution is 6.30. The van der Waals surface area contributed by atoms with E-state index in [0.29, 0.717) is 19.1 Å². The standard InChI is InChI=1S/C21H29ClN2O2/c1-13-8-14(2)24-21(25)20(13)12-23-11-17-9-18(22)10-19(15(17)3)16-4-6-26-7-5-16/h4,9-10,13-14,20,23H,5-8,11-12H2,1-3H3,(H,24,25). The second-order valence-corrected chi connectivity index (χ2v) is 8.09. The Balaban J connectivity index is 1.67. The summed E-state index contributed by atoms with van der Waals surface area (Å²) >= 11 is 6.38. The van der Waals surface area contributed by atoms with E-state index >= 15 is 0 Å². The number of benzene rings is 1. The summed E-state index contributed by atoms with van der Waals surface area (Å²) in [7, 11) is 0. The van der Waals surface area contributed by atoms with E-state index in [-0.39, 0.29) is 17.9 Å². The van der Waals surface area contributed by atoms with Gasteiger partial charge in [-0.15, -0.1) is 0 Å². The Bertz CT molecular complexity index is 701. The van der Waals surface area contributed by atoms with Crippen LogP contribution in [0.1, 0.15) is 43.4 Å². The number of hydrogen-bond donors (Lipinski definition) is 2. The molecule has 1 amide bonds. The van der Waals surface area contributed by atoms with Crippen molar-refractivity contribution in [3.05, 3.63) is 39.9 Å². The number of amides is 1. The van der Waals surface area contributed by atoms with Crippen molar-refractivity contribution < 1.29 is 9.53 Å². The summed E-state index contributed by atoms with van der Waals surface area (Å²) < 4.78 is 5.42. The van der Waals surface area contributed by atoms with Crippen LogP contribution in [0.15, 0.2) is 18.2 Å². The predicted molar refractivity (Wildman–Crippen MR) is 106 cm³/mol. The molecule has 2 heterocycles. The van der Waals surface area contributed by atoms with Crippen LogP contribution in [-0.4, -0.2) is 31.7 Å². The minimum Gasteiger partial charge on any atom is -0.377 e. The Morgan fingerprint density at radius 1 is 1.35 bits per heavy atom. The summed E-state index contributed by atoms with van der Waals surface area (Å²) in [5, 5.41) is 7.30. The van der Waals surface area contributed by atoms with Crippen molar-refractivity contribution in [3.63, 3.8) is 0 Å². The van der Waals surface area contributed by atoms with E-state index in [4.69, 9.17) is 16.3 Å². The van der Waals surface area contributed by atoms with Crippen LogP contribution in [0.3, 0.4) is 0 Å². The minimum atomic E-state index is 0.0309. The molecular formula is C21H29ClN2O2. The van der Waals surface area contributed by atoms with Crippen LogP contribution in [0, 0.1) is 18.8 Å². The van der Waals surface area contributed by atoms with Crippen molar-refractivity contribution in [1.29, 1.82) is 0 Å². The van der Waals surface area contributed by atoms with Gasteiger partial charge in [0.25, 0.3) is 0 Å². The highest BCUT2D eigenvalue weighted by Crippen LogP contribution is 2.30. The Hall–Kier alpha value is -1.36. The maximum Gasteiger partial charge on any atom is 0.224 e. The Labute approximate surface area is 161 Å². The van der Waals surface area contributed by atoms with Crippen LogP contribution in [0.25, 0.3) is 5.57 Å². The van der Waals surface area contributed by atoms with Gasteiger partial charge >= 0.3 is 0 Å². The zero-order valence-corrected chi connectivity index (χ0v) is 16.7. The molecule has 3 atom stereocenters. The largest absolute Gasteiger partial charge is 0.377 e. The molecule has 0 bridgehead atoms. The van der Waals surface area contributed by atoms with Gasteiger partial charge in [0.1, 0.15) is 0 Å². The smallest absolute Gasteiger partial charge is 0.224 e. The van der Waals surface area contributed by atoms with E-state index in [9.17, 15) is 4.79 Å². The van der Waals surface area contributed by atoms with Crippen molar-refractivity contribution in [2.45, 2.75) is 46.2 Å². The lowest BCUT2D eigenvalue weighted by atomic mass is 9.84. The highest BCUT2D eigenvalue weighted by atomic mass is 35.5. The molecule has 3 rings (SSSR count). The molecular weight excluding hydrogens is 348 g/mol. The third kappa shape index (κ3) is 4.48. The quantitative estimate of drug-likeness (QED) is 0.823. The molecule has 1 fully saturated rings. The van der Waals surface area contributed by atoms with E-state index in [0.717, 1.165) is 31.0 Å². The van der Waals surface area contributed by atoms with Crippen LogP contribution < -0.4 is 10.6 Å². The third-order valence-electron chi connectivity index (χ3n) is 5.61. The van der Waals surface area contributed by atoms with Crippen molar-refractivity contribution in [2.24, 2.45) is 11.8 Å². The van der Waals surface area contributed by atoms with E-state index in [2.05, 4.69) is 43.5 Å². The average Bonchev–Trinajstić information content (AvgIpc) is 2.60. The van der Waals surface area contributed by atoms with Gasteiger partial charge in [-0.3, -0.25) is 4.79 Å². The molecule has 26 heavy (non-hydrogen) atoms. The SMILES string of the molecule is Cc1c(CNCC2C(=O)NC(C)CC2C)cc(Cl)cc1C1=CCOCC1. The summed E-state index contributed by atoms with van der Waals surface area (Å²) in [5.74, 6) is 0.595. The summed E-state index contributed by atoms with van der Waals surface area (Å²) in [4.78, 5) is 12.2. The monoisotopic (exact) mass is 376 g/mol. The van der Waals surface area contributed by atoms with Crippen molar-refractivity contribution in [1.82, 2.24) is 10.6 Å². The summed E-state index contributed by atoms with van der Waals surface area (Å²) in [6.07, 6.45) is 4.11. The van der Waals surface area contributed by atoms with Crippen LogP contribution in [0.5, 0.6) is 0 Å². The number of nitrogens with one attached hydrogen (secondary N) is 2. The molecule has 0 saturated carbocycles. The van der Waals surface area contributed by atoms with Crippen LogP contribution >= 0.6 is 11.6 Å². The second-order valence-electron chi connectivity index (χ2n) is 7.65. The summed E-state index contributed by atoms with van der Waals surface area (Å²) in [6.45, 7) is 9.23. The number of halogens is 1. The molecule has 2 aliphatic rings. The maximum absolute atomic E-state index is 12.2. The van der Waals surface area contributed by atoms with Gasteiger partial charge in [-0.25, -0.2) is 0 Å². The Kier molecular flexibility index (Phi) is 6.38. The first-order valence-corrected chi connectivity index (χ1v) is 9.90. The Morgan fingerprint density at radius 3 is 2.85 bits per heavy atom. The second kappa shape index (κ2) is 8.55. The molecule has 0 spiro atoms. The van der Waals surface area contributed by atoms with Crippen molar-refractivity contribution in [3.8, 4) is 0 Å². The summed E-state index contributed by atoms with van der Waals surface area (Å²) in [5.41, 5.74) is 4.98. The molecule has 1 aromatic carbocycles. The molecule has 2 aliphatic heterocycles. The highest BCUT2D eigenvalue weighted by Gasteiger charge is 2.31. The topological polar surface area (TPSA) is 50.4 Å². The van der Waals surface area contributed by atoms with Gasteiger partial charge in [0, 0.05) is 24.2 Å². The van der Waals surface area contributed by atoms with E-state index in [1.165, 1.54) is 22.3 Å². The van der Waals surface area contributed by atoms with Crippen LogP contribution in [-0.2, 0) is 16.1 Å². The lowest BCUT2D eigenvalue weighted by Crippen LogP contribution is -2.49. The van der Waals surface area contributed by atoms with E-state index in [1.807, 2.05) is 6.07 Å². The van der Waals surface area contributed by atoms with E-state index in [1.54, 1.807) is 0 Å². The van der Waals surface area contributed by atoms with Gasteiger partial charge in [-0.05, 0) is 67.0 Å². The number of rotatable bonds is 5. The van der Waals surface area contributed by atoms with Gasteiger partial charge in [0.2, 0.25) is 5.91 Å². The van der Waals surface area contributed by atoms with Gasteiger partial charge < -0.3 is 15.4 Å². The summed E-state index contributed by atoms with van der Waals surface area (Å²) in [6, 6.07) is 4.36. The molecule has 0 radical (unpaired) electrons. The predicted octanol–water partition coefficient (Wildman–Crippen LogP) is 3.70. The van der Waals surface area contributed by atoms with Gasteiger partial charge in [-0.2, -0.15) is 0 Å². The molecule has 1 aromatic rings. The van der Waals surface area contributed by atoms with Crippen molar-refractivity contribution >= 4 is 23.1 Å². The maximum atomic E-state index is 12.2. The third-order valence-corrected chi connectivity index (χ3v) is 5.82. The fourth-order valence-electron chi connectivity index (χ4n) is 4.07. The molecule has 5 heteroatoms. The average molecular weight is 377 g/mol. The molecule has 0 aromatic heterocycles. The molecule has 4 nitrogen and oxygen atoms in total. The first kappa shape index (κ1) is 19.4. The van der Waals surface area contributed by atoms with E-state index < -0.39 is 0 Å². The first-order valence-electron chi connectivity index (χ1n) is 9.53. The first-order chi connectivity index (χ1) is 12.5. The number of carbonyl (C=O) groups excluding carboxylic acids is 1. The number of carbonyl (C=O) groups is 1. The normalized spacial score (nSPS) is 26.4.